The lowest BCUT2D eigenvalue weighted by molar-refractivity contribution is 0.181. The van der Waals surface area contributed by atoms with Gasteiger partial charge in [-0.15, -0.1) is 11.3 Å². The quantitative estimate of drug-likeness (QED) is 0.733. The number of aromatic nitrogens is 1. The molecule has 0 aliphatic carbocycles. The number of thiazole rings is 1. The van der Waals surface area contributed by atoms with Gasteiger partial charge in [0.1, 0.15) is 5.75 Å². The Bertz CT molecular complexity index is 883. The van der Waals surface area contributed by atoms with Gasteiger partial charge in [-0.25, -0.2) is 9.78 Å². The Morgan fingerprint density at radius 3 is 2.77 bits per heavy atom. The van der Waals surface area contributed by atoms with Gasteiger partial charge in [-0.2, -0.15) is 0 Å². The second kappa shape index (κ2) is 7.33. The molecule has 1 aliphatic heterocycles. The zero-order valence-corrected chi connectivity index (χ0v) is 15.2. The number of piperidine rings is 1. The Labute approximate surface area is 156 Å². The van der Waals surface area contributed by atoms with Crippen molar-refractivity contribution in [3.05, 3.63) is 59.1 Å². The van der Waals surface area contributed by atoms with Crippen molar-refractivity contribution in [1.29, 1.82) is 0 Å². The smallest absolute Gasteiger partial charge is 0.317 e. The summed E-state index contributed by atoms with van der Waals surface area (Å²) in [6.45, 7) is 1.91. The highest BCUT2D eigenvalue weighted by atomic mass is 32.1. The van der Waals surface area contributed by atoms with E-state index in [0.29, 0.717) is 12.5 Å². The molecule has 1 aromatic heterocycles. The number of carbonyl (C=O) groups is 1. The number of rotatable bonds is 3. The lowest BCUT2D eigenvalue weighted by Crippen LogP contribution is -2.43. The number of urea groups is 1. The van der Waals surface area contributed by atoms with Crippen LogP contribution in [0.25, 0.3) is 10.2 Å². The lowest BCUT2D eigenvalue weighted by atomic mass is 9.98. The van der Waals surface area contributed by atoms with Crippen LogP contribution in [0.5, 0.6) is 5.75 Å². The first-order valence-electron chi connectivity index (χ1n) is 8.85. The van der Waals surface area contributed by atoms with Gasteiger partial charge in [0.05, 0.1) is 15.2 Å². The van der Waals surface area contributed by atoms with Gasteiger partial charge in [0.2, 0.25) is 0 Å². The van der Waals surface area contributed by atoms with Gasteiger partial charge in [0, 0.05) is 25.6 Å². The van der Waals surface area contributed by atoms with Gasteiger partial charge in [0.15, 0.2) is 0 Å². The van der Waals surface area contributed by atoms with E-state index in [1.807, 2.05) is 23.1 Å². The first-order chi connectivity index (χ1) is 12.7. The van der Waals surface area contributed by atoms with Crippen LogP contribution >= 0.6 is 11.3 Å². The fourth-order valence-electron chi connectivity index (χ4n) is 3.35. The van der Waals surface area contributed by atoms with Gasteiger partial charge in [-0.3, -0.25) is 0 Å². The Morgan fingerprint density at radius 1 is 1.19 bits per heavy atom. The summed E-state index contributed by atoms with van der Waals surface area (Å²) >= 11 is 1.77. The van der Waals surface area contributed by atoms with E-state index in [2.05, 4.69) is 17.4 Å². The predicted molar refractivity (Wildman–Crippen MR) is 104 cm³/mol. The topological polar surface area (TPSA) is 65.5 Å². The molecule has 0 bridgehead atoms. The molecule has 0 atom stereocenters. The fourth-order valence-corrected chi connectivity index (χ4v) is 4.49. The van der Waals surface area contributed by atoms with Crippen molar-refractivity contribution in [2.75, 3.05) is 13.1 Å². The lowest BCUT2D eigenvalue weighted by Gasteiger charge is -2.31. The number of hydrogen-bond acceptors (Lipinski definition) is 4. The number of amides is 2. The maximum atomic E-state index is 12.4. The van der Waals surface area contributed by atoms with Crippen molar-refractivity contribution in [2.24, 2.45) is 0 Å². The van der Waals surface area contributed by atoms with E-state index in [1.165, 1.54) is 9.71 Å². The molecule has 3 aromatic rings. The Kier molecular flexibility index (Phi) is 4.75. The summed E-state index contributed by atoms with van der Waals surface area (Å²) in [5.41, 5.74) is 1.96. The average molecular weight is 367 g/mol. The molecule has 0 unspecified atom stereocenters. The van der Waals surface area contributed by atoms with Crippen LogP contribution in [-0.2, 0) is 6.54 Å². The van der Waals surface area contributed by atoms with E-state index in [1.54, 1.807) is 29.5 Å². The number of phenols is 1. The van der Waals surface area contributed by atoms with E-state index in [0.717, 1.165) is 37.0 Å². The third kappa shape index (κ3) is 3.65. The minimum atomic E-state index is -0.0453. The number of nitrogens with one attached hydrogen (secondary N) is 1. The maximum absolute atomic E-state index is 12.4. The van der Waals surface area contributed by atoms with Gasteiger partial charge < -0.3 is 15.3 Å². The predicted octanol–water partition coefficient (Wildman–Crippen LogP) is 4.09. The standard InChI is InChI=1S/C20H21N3O2S/c24-16-5-3-4-14(12-16)13-21-20(25)23-10-8-15(9-11-23)19-22-17-6-1-2-7-18(17)26-19/h1-7,12,15,24H,8-11,13H2,(H,21,25). The molecule has 0 saturated carbocycles. The number of carbonyl (C=O) groups excluding carboxylic acids is 1. The molecular formula is C20H21N3O2S. The van der Waals surface area contributed by atoms with Crippen LogP contribution < -0.4 is 5.32 Å². The van der Waals surface area contributed by atoms with Crippen molar-refractivity contribution in [3.8, 4) is 5.75 Å². The zero-order valence-electron chi connectivity index (χ0n) is 14.4. The average Bonchev–Trinajstić information content (AvgIpc) is 3.10. The van der Waals surface area contributed by atoms with Crippen LogP contribution in [0.2, 0.25) is 0 Å². The summed E-state index contributed by atoms with van der Waals surface area (Å²) in [6.07, 6.45) is 1.89. The van der Waals surface area contributed by atoms with E-state index >= 15 is 0 Å². The largest absolute Gasteiger partial charge is 0.508 e. The molecule has 5 nitrogen and oxygen atoms in total. The van der Waals surface area contributed by atoms with Crippen LogP contribution in [-0.4, -0.2) is 34.1 Å². The first kappa shape index (κ1) is 16.8. The summed E-state index contributed by atoms with van der Waals surface area (Å²) in [5.74, 6) is 0.649. The van der Waals surface area contributed by atoms with Crippen LogP contribution in [0.4, 0.5) is 4.79 Å². The molecule has 134 valence electrons. The number of para-hydroxylation sites is 1. The number of likely N-dealkylation sites (tertiary alicyclic amines) is 1. The fraction of sp³-hybridized carbons (Fsp3) is 0.300. The molecule has 2 amide bonds. The molecule has 0 radical (unpaired) electrons. The summed E-state index contributed by atoms with van der Waals surface area (Å²) in [4.78, 5) is 19.0. The summed E-state index contributed by atoms with van der Waals surface area (Å²) < 4.78 is 1.23. The molecule has 0 spiro atoms. The van der Waals surface area contributed by atoms with Gasteiger partial charge in [-0.1, -0.05) is 24.3 Å². The highest BCUT2D eigenvalue weighted by Crippen LogP contribution is 2.33. The minimum absolute atomic E-state index is 0.0453. The number of phenolic OH excluding ortho intramolecular Hbond substituents is 1. The number of hydrogen-bond donors (Lipinski definition) is 2. The van der Waals surface area contributed by atoms with Crippen LogP contribution in [0.15, 0.2) is 48.5 Å². The minimum Gasteiger partial charge on any atom is -0.508 e. The van der Waals surface area contributed by atoms with Crippen molar-refractivity contribution in [2.45, 2.75) is 25.3 Å². The molecule has 1 saturated heterocycles. The molecule has 6 heteroatoms. The Hall–Kier alpha value is -2.60. The third-order valence-electron chi connectivity index (χ3n) is 4.80. The summed E-state index contributed by atoms with van der Waals surface area (Å²) in [7, 11) is 0. The molecule has 1 fully saturated rings. The van der Waals surface area contributed by atoms with Gasteiger partial charge >= 0.3 is 6.03 Å². The first-order valence-corrected chi connectivity index (χ1v) is 9.67. The Morgan fingerprint density at radius 2 is 2.00 bits per heavy atom. The number of aromatic hydroxyl groups is 1. The molecule has 2 heterocycles. The van der Waals surface area contributed by atoms with Crippen molar-refractivity contribution < 1.29 is 9.90 Å². The molecule has 1 aliphatic rings. The normalized spacial score (nSPS) is 15.3. The summed E-state index contributed by atoms with van der Waals surface area (Å²) in [5, 5.41) is 13.6. The van der Waals surface area contributed by atoms with Gasteiger partial charge in [-0.05, 0) is 42.7 Å². The zero-order chi connectivity index (χ0) is 17.9. The molecule has 4 rings (SSSR count). The van der Waals surface area contributed by atoms with E-state index in [-0.39, 0.29) is 11.8 Å². The van der Waals surface area contributed by atoms with Gasteiger partial charge in [0.25, 0.3) is 0 Å². The SMILES string of the molecule is O=C(NCc1cccc(O)c1)N1CCC(c2nc3ccccc3s2)CC1. The van der Waals surface area contributed by atoms with E-state index in [4.69, 9.17) is 4.98 Å². The monoisotopic (exact) mass is 367 g/mol. The highest BCUT2D eigenvalue weighted by molar-refractivity contribution is 7.18. The van der Waals surface area contributed by atoms with E-state index < -0.39 is 0 Å². The van der Waals surface area contributed by atoms with Crippen LogP contribution in [0.1, 0.15) is 29.3 Å². The van der Waals surface area contributed by atoms with Crippen molar-refractivity contribution >= 4 is 27.6 Å². The number of benzene rings is 2. The highest BCUT2D eigenvalue weighted by Gasteiger charge is 2.25. The number of fused-ring (bicyclic) bond motifs is 1. The van der Waals surface area contributed by atoms with Crippen molar-refractivity contribution in [3.63, 3.8) is 0 Å². The van der Waals surface area contributed by atoms with Crippen molar-refractivity contribution in [1.82, 2.24) is 15.2 Å². The molecular weight excluding hydrogens is 346 g/mol. The van der Waals surface area contributed by atoms with Crippen LogP contribution in [0, 0.1) is 0 Å². The van der Waals surface area contributed by atoms with Crippen LogP contribution in [0.3, 0.4) is 0 Å². The Balaban J connectivity index is 1.32. The summed E-state index contributed by atoms with van der Waals surface area (Å²) in [6, 6.07) is 15.1. The maximum Gasteiger partial charge on any atom is 0.317 e. The number of nitrogens with zero attached hydrogens (tertiary/aromatic N) is 2. The molecule has 2 N–H and O–H groups in total. The molecule has 26 heavy (non-hydrogen) atoms. The molecule has 2 aromatic carbocycles. The third-order valence-corrected chi connectivity index (χ3v) is 6.00. The second-order valence-corrected chi connectivity index (χ2v) is 7.67. The second-order valence-electron chi connectivity index (χ2n) is 6.61. The van der Waals surface area contributed by atoms with E-state index in [9.17, 15) is 9.90 Å².